The van der Waals surface area contributed by atoms with Crippen molar-refractivity contribution in [3.8, 4) is 0 Å². The minimum absolute atomic E-state index is 0.0266. The number of carbonyl (C=O) groups excluding carboxylic acids is 1. The predicted molar refractivity (Wildman–Crippen MR) is 111 cm³/mol. The van der Waals surface area contributed by atoms with Crippen molar-refractivity contribution in [2.24, 2.45) is 5.92 Å². The second-order valence-corrected chi connectivity index (χ2v) is 8.57. The lowest BCUT2D eigenvalue weighted by Crippen LogP contribution is -2.39. The van der Waals surface area contributed by atoms with Crippen LogP contribution in [0.3, 0.4) is 0 Å². The fourth-order valence-corrected chi connectivity index (χ4v) is 5.31. The third-order valence-corrected chi connectivity index (χ3v) is 6.77. The van der Waals surface area contributed by atoms with Gasteiger partial charge in [0.15, 0.2) is 0 Å². The molecular formula is C21H27NO2S2. The monoisotopic (exact) mass is 389 g/mol. The molecule has 2 aromatic heterocycles. The average molecular weight is 390 g/mol. The number of hydrogen-bond acceptors (Lipinski definition) is 5. The molecule has 0 bridgehead atoms. The zero-order valence-electron chi connectivity index (χ0n) is 15.6. The highest BCUT2D eigenvalue weighted by molar-refractivity contribution is 7.13. The molecule has 1 atom stereocenters. The molecule has 26 heavy (non-hydrogen) atoms. The maximum Gasteiger partial charge on any atom is 0.310 e. The van der Waals surface area contributed by atoms with Crippen LogP contribution in [-0.4, -0.2) is 37.1 Å². The fourth-order valence-electron chi connectivity index (χ4n) is 3.49. The summed E-state index contributed by atoms with van der Waals surface area (Å²) in [4.78, 5) is 17.1. The Balaban J connectivity index is 1.64. The molecule has 5 heteroatoms. The molecule has 3 heterocycles. The highest BCUT2D eigenvalue weighted by Crippen LogP contribution is 2.33. The maximum atomic E-state index is 12.0. The topological polar surface area (TPSA) is 29.5 Å². The van der Waals surface area contributed by atoms with Gasteiger partial charge in [-0.2, -0.15) is 0 Å². The van der Waals surface area contributed by atoms with Crippen LogP contribution < -0.4 is 0 Å². The van der Waals surface area contributed by atoms with Gasteiger partial charge in [0, 0.05) is 28.4 Å². The minimum atomic E-state index is -0.0266. The first kappa shape index (κ1) is 19.3. The molecule has 3 rings (SSSR count). The number of esters is 1. The molecule has 0 N–H and O–H groups in total. The van der Waals surface area contributed by atoms with Crippen molar-refractivity contribution < 1.29 is 9.53 Å². The fraction of sp³-hybridized carbons (Fsp3) is 0.476. The van der Waals surface area contributed by atoms with Crippen LogP contribution in [0.1, 0.15) is 41.5 Å². The Morgan fingerprint density at radius 1 is 1.35 bits per heavy atom. The Kier molecular flexibility index (Phi) is 7.06. The number of aryl methyl sites for hydroxylation is 1. The summed E-state index contributed by atoms with van der Waals surface area (Å²) in [5.41, 5.74) is 2.70. The summed E-state index contributed by atoms with van der Waals surface area (Å²) in [6.45, 7) is 7.44. The summed E-state index contributed by atoms with van der Waals surface area (Å²) in [5.74, 6) is 0.0187. The van der Waals surface area contributed by atoms with Gasteiger partial charge in [-0.25, -0.2) is 0 Å². The van der Waals surface area contributed by atoms with Gasteiger partial charge in [-0.15, -0.1) is 22.7 Å². The molecule has 140 valence electrons. The predicted octanol–water partition coefficient (Wildman–Crippen LogP) is 5.21. The van der Waals surface area contributed by atoms with Crippen LogP contribution in [0.4, 0.5) is 0 Å². The van der Waals surface area contributed by atoms with Crippen LogP contribution in [-0.2, 0) is 9.53 Å². The summed E-state index contributed by atoms with van der Waals surface area (Å²) >= 11 is 3.61. The number of ether oxygens (including phenoxy) is 1. The number of thiophene rings is 2. The lowest BCUT2D eigenvalue weighted by Gasteiger charge is -2.31. The van der Waals surface area contributed by atoms with E-state index in [1.165, 1.54) is 20.9 Å². The molecule has 0 spiro atoms. The molecule has 0 aromatic carbocycles. The molecule has 1 aliphatic rings. The van der Waals surface area contributed by atoms with Crippen LogP contribution in [0, 0.1) is 12.8 Å². The molecule has 0 amide bonds. The molecule has 1 fully saturated rings. The number of rotatable bonds is 7. The van der Waals surface area contributed by atoms with Crippen molar-refractivity contribution in [2.45, 2.75) is 33.1 Å². The molecule has 0 radical (unpaired) electrons. The van der Waals surface area contributed by atoms with E-state index in [0.717, 1.165) is 38.9 Å². The van der Waals surface area contributed by atoms with E-state index in [2.05, 4.69) is 46.9 Å². The van der Waals surface area contributed by atoms with Gasteiger partial charge >= 0.3 is 5.97 Å². The van der Waals surface area contributed by atoms with Crippen molar-refractivity contribution in [3.05, 3.63) is 50.4 Å². The number of nitrogens with zero attached hydrogens (tertiary/aromatic N) is 1. The van der Waals surface area contributed by atoms with Crippen molar-refractivity contribution in [1.82, 2.24) is 4.90 Å². The summed E-state index contributed by atoms with van der Waals surface area (Å²) in [7, 11) is 0. The lowest BCUT2D eigenvalue weighted by atomic mass is 9.98. The van der Waals surface area contributed by atoms with E-state index in [9.17, 15) is 4.79 Å². The van der Waals surface area contributed by atoms with Crippen molar-refractivity contribution in [3.63, 3.8) is 0 Å². The standard InChI is InChI=1S/C21H27NO2S2/c1-3-24-21(23)17-7-4-11-22(15-17)12-5-8-18(19-9-6-13-25-19)20-16(2)10-14-26-20/h6,8-10,13-14,17H,3-5,7,11-12,15H2,1-2H3/t17-/m0/s1. The van der Waals surface area contributed by atoms with E-state index in [4.69, 9.17) is 4.74 Å². The zero-order valence-corrected chi connectivity index (χ0v) is 17.2. The van der Waals surface area contributed by atoms with Gasteiger partial charge in [0.2, 0.25) is 0 Å². The Hall–Kier alpha value is -1.43. The normalized spacial score (nSPS) is 18.8. The first-order chi connectivity index (χ1) is 12.7. The van der Waals surface area contributed by atoms with Gasteiger partial charge in [0.1, 0.15) is 0 Å². The van der Waals surface area contributed by atoms with Gasteiger partial charge in [-0.3, -0.25) is 4.79 Å². The molecular weight excluding hydrogens is 362 g/mol. The lowest BCUT2D eigenvalue weighted by molar-refractivity contribution is -0.149. The molecule has 3 nitrogen and oxygen atoms in total. The van der Waals surface area contributed by atoms with Crippen LogP contribution in [0.5, 0.6) is 0 Å². The summed E-state index contributed by atoms with van der Waals surface area (Å²) < 4.78 is 5.21. The number of piperidine rings is 1. The van der Waals surface area contributed by atoms with Crippen molar-refractivity contribution >= 4 is 34.2 Å². The van der Waals surface area contributed by atoms with E-state index in [-0.39, 0.29) is 11.9 Å². The molecule has 1 aliphatic heterocycles. The number of likely N-dealkylation sites (tertiary alicyclic amines) is 1. The quantitative estimate of drug-likeness (QED) is 0.609. The molecule has 0 aliphatic carbocycles. The number of carbonyl (C=O) groups is 1. The van der Waals surface area contributed by atoms with Crippen LogP contribution in [0.15, 0.2) is 35.0 Å². The molecule has 0 saturated carbocycles. The van der Waals surface area contributed by atoms with Gasteiger partial charge in [-0.05, 0) is 68.1 Å². The van der Waals surface area contributed by atoms with Crippen molar-refractivity contribution in [1.29, 1.82) is 0 Å². The van der Waals surface area contributed by atoms with Crippen LogP contribution in [0.25, 0.3) is 5.57 Å². The molecule has 2 aromatic rings. The first-order valence-electron chi connectivity index (χ1n) is 9.36. The maximum absolute atomic E-state index is 12.0. The summed E-state index contributed by atoms with van der Waals surface area (Å²) in [5, 5.41) is 4.31. The number of hydrogen-bond donors (Lipinski definition) is 0. The molecule has 1 saturated heterocycles. The van der Waals surface area contributed by atoms with Gasteiger partial charge < -0.3 is 9.64 Å². The first-order valence-corrected chi connectivity index (χ1v) is 11.1. The van der Waals surface area contributed by atoms with Gasteiger partial charge in [0.05, 0.1) is 12.5 Å². The summed E-state index contributed by atoms with van der Waals surface area (Å²) in [6, 6.07) is 6.51. The van der Waals surface area contributed by atoms with Crippen LogP contribution in [0.2, 0.25) is 0 Å². The highest BCUT2D eigenvalue weighted by Gasteiger charge is 2.26. The minimum Gasteiger partial charge on any atom is -0.466 e. The Morgan fingerprint density at radius 2 is 2.23 bits per heavy atom. The Bertz CT molecular complexity index is 733. The smallest absolute Gasteiger partial charge is 0.310 e. The highest BCUT2D eigenvalue weighted by atomic mass is 32.1. The largest absolute Gasteiger partial charge is 0.466 e. The van der Waals surface area contributed by atoms with E-state index in [0.29, 0.717) is 6.61 Å². The second-order valence-electron chi connectivity index (χ2n) is 6.71. The van der Waals surface area contributed by atoms with E-state index >= 15 is 0 Å². The summed E-state index contributed by atoms with van der Waals surface area (Å²) in [6.07, 6.45) is 5.41. The van der Waals surface area contributed by atoms with Gasteiger partial charge in [-0.1, -0.05) is 12.1 Å². The SMILES string of the molecule is CCOC(=O)[C@H]1CCCN(CCC=C(c2cccs2)c2sccc2C)C1. The second kappa shape index (κ2) is 9.49. The molecule has 0 unspecified atom stereocenters. The third kappa shape index (κ3) is 4.84. The van der Waals surface area contributed by atoms with E-state index in [1.54, 1.807) is 11.3 Å². The Morgan fingerprint density at radius 3 is 2.92 bits per heavy atom. The van der Waals surface area contributed by atoms with Gasteiger partial charge in [0.25, 0.3) is 0 Å². The zero-order chi connectivity index (χ0) is 18.4. The Labute approximate surface area is 164 Å². The van der Waals surface area contributed by atoms with E-state index in [1.807, 2.05) is 18.3 Å². The van der Waals surface area contributed by atoms with E-state index < -0.39 is 0 Å². The van der Waals surface area contributed by atoms with Crippen LogP contribution >= 0.6 is 22.7 Å². The average Bonchev–Trinajstić information content (AvgIpc) is 3.31. The van der Waals surface area contributed by atoms with Crippen molar-refractivity contribution in [2.75, 3.05) is 26.2 Å². The third-order valence-electron chi connectivity index (χ3n) is 4.81.